The number of halogens is 1. The standard InChI is InChI=1S/C20H19ClN4O3/c21-15-3-1-2-14(10-15)13-23-6-8-24(9-7-23)20(26)18-12-22-19-5-4-16(25(27)28)11-17(18)19/h1-5,10-12,22H,6-9,13H2. The van der Waals surface area contributed by atoms with Crippen LogP contribution in [0.3, 0.4) is 0 Å². The Hall–Kier alpha value is -2.90. The number of nitro benzene ring substituents is 1. The number of H-pyrrole nitrogens is 1. The Morgan fingerprint density at radius 1 is 1.14 bits per heavy atom. The maximum absolute atomic E-state index is 13.0. The van der Waals surface area contributed by atoms with Gasteiger partial charge in [-0.2, -0.15) is 0 Å². The summed E-state index contributed by atoms with van der Waals surface area (Å²) in [5.41, 5.74) is 2.32. The first-order chi connectivity index (χ1) is 13.5. The summed E-state index contributed by atoms with van der Waals surface area (Å²) in [4.78, 5) is 30.7. The monoisotopic (exact) mass is 398 g/mol. The number of amides is 1. The van der Waals surface area contributed by atoms with Gasteiger partial charge in [0.25, 0.3) is 11.6 Å². The maximum Gasteiger partial charge on any atom is 0.270 e. The second kappa shape index (κ2) is 7.61. The molecule has 1 aliphatic rings. The van der Waals surface area contributed by atoms with Crippen molar-refractivity contribution in [3.05, 3.63) is 74.9 Å². The van der Waals surface area contributed by atoms with Gasteiger partial charge in [0.05, 0.1) is 10.5 Å². The molecule has 0 radical (unpaired) electrons. The third kappa shape index (κ3) is 3.72. The number of aromatic amines is 1. The Morgan fingerprint density at radius 3 is 2.64 bits per heavy atom. The van der Waals surface area contributed by atoms with Gasteiger partial charge in [-0.25, -0.2) is 0 Å². The normalized spacial score (nSPS) is 15.1. The maximum atomic E-state index is 13.0. The van der Waals surface area contributed by atoms with Gasteiger partial charge in [0.15, 0.2) is 0 Å². The van der Waals surface area contributed by atoms with Crippen LogP contribution < -0.4 is 0 Å². The number of nitro groups is 1. The van der Waals surface area contributed by atoms with E-state index in [1.165, 1.54) is 12.1 Å². The number of benzene rings is 2. The number of hydrogen-bond acceptors (Lipinski definition) is 4. The van der Waals surface area contributed by atoms with Gasteiger partial charge in [-0.15, -0.1) is 0 Å². The zero-order valence-electron chi connectivity index (χ0n) is 15.1. The van der Waals surface area contributed by atoms with Gasteiger partial charge >= 0.3 is 0 Å². The van der Waals surface area contributed by atoms with Gasteiger partial charge in [0, 0.05) is 67.0 Å². The summed E-state index contributed by atoms with van der Waals surface area (Å²) in [6, 6.07) is 12.3. The van der Waals surface area contributed by atoms with Crippen LogP contribution in [0.5, 0.6) is 0 Å². The fourth-order valence-electron chi connectivity index (χ4n) is 3.57. The molecule has 0 atom stereocenters. The first-order valence-electron chi connectivity index (χ1n) is 9.03. The lowest BCUT2D eigenvalue weighted by molar-refractivity contribution is -0.384. The second-order valence-corrected chi connectivity index (χ2v) is 7.32. The average Bonchev–Trinajstić information content (AvgIpc) is 3.11. The van der Waals surface area contributed by atoms with Crippen LogP contribution in [0.1, 0.15) is 15.9 Å². The van der Waals surface area contributed by atoms with E-state index in [1.807, 2.05) is 24.3 Å². The molecule has 7 nitrogen and oxygen atoms in total. The van der Waals surface area contributed by atoms with Crippen molar-refractivity contribution in [2.24, 2.45) is 0 Å². The lowest BCUT2D eigenvalue weighted by Crippen LogP contribution is -2.48. The molecule has 2 heterocycles. The molecule has 28 heavy (non-hydrogen) atoms. The molecule has 1 N–H and O–H groups in total. The minimum absolute atomic E-state index is 0.0208. The molecule has 1 fully saturated rings. The van der Waals surface area contributed by atoms with Gasteiger partial charge in [-0.05, 0) is 23.8 Å². The number of fused-ring (bicyclic) bond motifs is 1. The second-order valence-electron chi connectivity index (χ2n) is 6.89. The van der Waals surface area contributed by atoms with E-state index in [9.17, 15) is 14.9 Å². The first kappa shape index (κ1) is 18.5. The number of nitrogens with zero attached hydrogens (tertiary/aromatic N) is 3. The number of carbonyl (C=O) groups is 1. The van der Waals surface area contributed by atoms with Crippen LogP contribution in [-0.4, -0.2) is 51.8 Å². The third-order valence-corrected chi connectivity index (χ3v) is 5.30. The molecule has 4 rings (SSSR count). The number of piperazine rings is 1. The van der Waals surface area contributed by atoms with E-state index >= 15 is 0 Å². The lowest BCUT2D eigenvalue weighted by Gasteiger charge is -2.34. The molecule has 1 aliphatic heterocycles. The van der Waals surface area contributed by atoms with Gasteiger partial charge < -0.3 is 9.88 Å². The van der Waals surface area contributed by atoms with E-state index in [4.69, 9.17) is 11.6 Å². The summed E-state index contributed by atoms with van der Waals surface area (Å²) in [5, 5.41) is 12.3. The first-order valence-corrected chi connectivity index (χ1v) is 9.40. The van der Waals surface area contributed by atoms with E-state index in [2.05, 4.69) is 9.88 Å². The molecule has 0 aliphatic carbocycles. The molecule has 144 valence electrons. The number of nitrogens with one attached hydrogen (secondary N) is 1. The molecule has 0 bridgehead atoms. The van der Waals surface area contributed by atoms with Crippen molar-refractivity contribution in [1.82, 2.24) is 14.8 Å². The van der Waals surface area contributed by atoms with Gasteiger partial charge in [0.1, 0.15) is 0 Å². The van der Waals surface area contributed by atoms with Crippen molar-refractivity contribution in [2.45, 2.75) is 6.54 Å². The zero-order chi connectivity index (χ0) is 19.7. The summed E-state index contributed by atoms with van der Waals surface area (Å²) in [5.74, 6) is -0.103. The summed E-state index contributed by atoms with van der Waals surface area (Å²) in [7, 11) is 0. The van der Waals surface area contributed by atoms with Gasteiger partial charge in [0.2, 0.25) is 0 Å². The van der Waals surface area contributed by atoms with Crippen molar-refractivity contribution in [2.75, 3.05) is 26.2 Å². The number of non-ortho nitro benzene ring substituents is 1. The highest BCUT2D eigenvalue weighted by Gasteiger charge is 2.24. The molecular weight excluding hydrogens is 380 g/mol. The molecule has 2 aromatic carbocycles. The average molecular weight is 399 g/mol. The molecule has 0 spiro atoms. The third-order valence-electron chi connectivity index (χ3n) is 5.06. The number of hydrogen-bond donors (Lipinski definition) is 1. The molecule has 3 aromatic rings. The number of rotatable bonds is 4. The molecule has 1 saturated heterocycles. The predicted molar refractivity (Wildman–Crippen MR) is 108 cm³/mol. The zero-order valence-corrected chi connectivity index (χ0v) is 15.9. The van der Waals surface area contributed by atoms with Crippen LogP contribution in [0, 0.1) is 10.1 Å². The minimum atomic E-state index is -0.449. The Kier molecular flexibility index (Phi) is 5.02. The lowest BCUT2D eigenvalue weighted by atomic mass is 10.1. The minimum Gasteiger partial charge on any atom is -0.360 e. The summed E-state index contributed by atoms with van der Waals surface area (Å²) >= 11 is 6.05. The fourth-order valence-corrected chi connectivity index (χ4v) is 3.78. The van der Waals surface area contributed by atoms with Crippen molar-refractivity contribution in [3.8, 4) is 0 Å². The van der Waals surface area contributed by atoms with Crippen LogP contribution in [0.4, 0.5) is 5.69 Å². The summed E-state index contributed by atoms with van der Waals surface area (Å²) in [6.45, 7) is 3.55. The van der Waals surface area contributed by atoms with E-state index in [0.717, 1.165) is 30.2 Å². The number of aromatic nitrogens is 1. The molecule has 0 saturated carbocycles. The van der Waals surface area contributed by atoms with Gasteiger partial charge in [-0.1, -0.05) is 23.7 Å². The van der Waals surface area contributed by atoms with Crippen molar-refractivity contribution >= 4 is 34.1 Å². The Morgan fingerprint density at radius 2 is 1.93 bits per heavy atom. The summed E-state index contributed by atoms with van der Waals surface area (Å²) < 4.78 is 0. The largest absolute Gasteiger partial charge is 0.360 e. The summed E-state index contributed by atoms with van der Waals surface area (Å²) in [6.07, 6.45) is 1.63. The molecule has 1 aromatic heterocycles. The highest BCUT2D eigenvalue weighted by molar-refractivity contribution is 6.30. The van der Waals surface area contributed by atoms with Crippen LogP contribution in [-0.2, 0) is 6.54 Å². The van der Waals surface area contributed by atoms with E-state index in [-0.39, 0.29) is 11.6 Å². The highest BCUT2D eigenvalue weighted by atomic mass is 35.5. The molecule has 8 heteroatoms. The topological polar surface area (TPSA) is 82.5 Å². The Balaban J connectivity index is 1.45. The molecule has 0 unspecified atom stereocenters. The van der Waals surface area contributed by atoms with Crippen molar-refractivity contribution in [1.29, 1.82) is 0 Å². The van der Waals surface area contributed by atoms with E-state index < -0.39 is 4.92 Å². The predicted octanol–water partition coefficient (Wildman–Crippen LogP) is 3.69. The molecular formula is C20H19ClN4O3. The van der Waals surface area contributed by atoms with Crippen LogP contribution >= 0.6 is 11.6 Å². The number of carbonyl (C=O) groups excluding carboxylic acids is 1. The fraction of sp³-hybridized carbons (Fsp3) is 0.250. The quantitative estimate of drug-likeness (QED) is 0.536. The Bertz CT molecular complexity index is 1040. The smallest absolute Gasteiger partial charge is 0.270 e. The van der Waals surface area contributed by atoms with Crippen molar-refractivity contribution < 1.29 is 9.72 Å². The van der Waals surface area contributed by atoms with E-state index in [1.54, 1.807) is 17.2 Å². The van der Waals surface area contributed by atoms with Crippen LogP contribution in [0.15, 0.2) is 48.7 Å². The van der Waals surface area contributed by atoms with Gasteiger partial charge in [-0.3, -0.25) is 19.8 Å². The SMILES string of the molecule is O=C(c1c[nH]c2ccc([N+](=O)[O-])cc12)N1CCN(Cc2cccc(Cl)c2)CC1. The van der Waals surface area contributed by atoms with Crippen LogP contribution in [0.25, 0.3) is 10.9 Å². The van der Waals surface area contributed by atoms with Crippen LogP contribution in [0.2, 0.25) is 5.02 Å². The highest BCUT2D eigenvalue weighted by Crippen LogP contribution is 2.25. The van der Waals surface area contributed by atoms with Crippen molar-refractivity contribution in [3.63, 3.8) is 0 Å². The van der Waals surface area contributed by atoms with E-state index in [0.29, 0.717) is 29.6 Å². The Labute approximate surface area is 166 Å². The molecule has 1 amide bonds.